The van der Waals surface area contributed by atoms with E-state index in [0.29, 0.717) is 24.8 Å². The molecule has 1 saturated carbocycles. The van der Waals surface area contributed by atoms with Crippen LogP contribution in [0.1, 0.15) is 55.1 Å². The van der Waals surface area contributed by atoms with Crippen LogP contribution in [0.4, 0.5) is 0 Å². The van der Waals surface area contributed by atoms with Gasteiger partial charge >= 0.3 is 17.9 Å². The highest BCUT2D eigenvalue weighted by Crippen LogP contribution is 2.64. The normalized spacial score (nSPS) is 32.9. The summed E-state index contributed by atoms with van der Waals surface area (Å²) in [5.74, 6) is -4.67. The Morgan fingerprint density at radius 3 is 2.54 bits per heavy atom. The van der Waals surface area contributed by atoms with Crippen LogP contribution in [-0.2, 0) is 28.6 Å². The molecule has 2 aliphatic carbocycles. The molecule has 1 aliphatic heterocycles. The van der Waals surface area contributed by atoms with E-state index in [1.807, 2.05) is 13.8 Å². The van der Waals surface area contributed by atoms with Gasteiger partial charge in [-0.1, -0.05) is 37.6 Å². The van der Waals surface area contributed by atoms with E-state index in [1.54, 1.807) is 24.3 Å². The number of furan rings is 1. The van der Waals surface area contributed by atoms with E-state index in [1.165, 1.54) is 31.8 Å². The average Bonchev–Trinajstić information content (AvgIpc) is 3.40. The van der Waals surface area contributed by atoms with Crippen LogP contribution in [0.5, 0.6) is 0 Å². The molecule has 0 radical (unpaired) electrons. The van der Waals surface area contributed by atoms with Gasteiger partial charge in [0.25, 0.3) is 0 Å². The number of methoxy groups -OCH3 is 1. The molecule has 37 heavy (non-hydrogen) atoms. The van der Waals surface area contributed by atoms with Crippen LogP contribution < -0.4 is 0 Å². The number of ether oxygens (including phenoxy) is 3. The predicted octanol–water partition coefficient (Wildman–Crippen LogP) is 5.07. The third kappa shape index (κ3) is 3.98. The molecule has 6 atom stereocenters. The van der Waals surface area contributed by atoms with Crippen LogP contribution in [-0.4, -0.2) is 30.8 Å². The molecule has 0 spiro atoms. The van der Waals surface area contributed by atoms with E-state index in [9.17, 15) is 19.2 Å². The number of carbonyl (C=O) groups is 4. The number of Topliss-reactive ketones (excluding diaryl/α,β-unsaturated/α-hetero) is 1. The number of esters is 3. The first-order chi connectivity index (χ1) is 17.6. The summed E-state index contributed by atoms with van der Waals surface area (Å²) < 4.78 is 21.6. The van der Waals surface area contributed by atoms with Gasteiger partial charge in [0.2, 0.25) is 5.78 Å². The second kappa shape index (κ2) is 9.17. The number of halogens is 1. The van der Waals surface area contributed by atoms with Crippen LogP contribution in [0.25, 0.3) is 0 Å². The summed E-state index contributed by atoms with van der Waals surface area (Å²) in [6.45, 7) is 3.76. The Morgan fingerprint density at radius 1 is 1.11 bits per heavy atom. The molecule has 0 amide bonds. The summed E-state index contributed by atoms with van der Waals surface area (Å²) in [5, 5.41) is 0.174. The summed E-state index contributed by atoms with van der Waals surface area (Å²) in [6.07, 6.45) is 4.99. The molecule has 2 aromatic rings. The molecule has 5 rings (SSSR count). The Morgan fingerprint density at radius 2 is 1.86 bits per heavy atom. The number of allylic oxidation sites excluding steroid dienone is 1. The van der Waals surface area contributed by atoms with Gasteiger partial charge in [-0.05, 0) is 54.4 Å². The molecule has 0 N–H and O–H groups in total. The minimum absolute atomic E-state index is 0.0924. The maximum Gasteiger partial charge on any atom is 0.345 e. The fourth-order valence-corrected chi connectivity index (χ4v) is 6.88. The third-order valence-corrected chi connectivity index (χ3v) is 8.78. The van der Waals surface area contributed by atoms with Gasteiger partial charge in [0, 0.05) is 11.5 Å². The zero-order chi connectivity index (χ0) is 26.5. The topological polar surface area (TPSA) is 109 Å². The summed E-state index contributed by atoms with van der Waals surface area (Å²) in [7, 11) is 1.28. The first-order valence-corrected chi connectivity index (χ1v) is 12.5. The number of rotatable bonds is 4. The van der Waals surface area contributed by atoms with Crippen LogP contribution in [0, 0.1) is 28.6 Å². The number of carbonyl (C=O) groups excluding carboxylic acids is 4. The maximum absolute atomic E-state index is 14.1. The summed E-state index contributed by atoms with van der Waals surface area (Å²) in [4.78, 5) is 53.4. The molecule has 0 unspecified atom stereocenters. The lowest BCUT2D eigenvalue weighted by molar-refractivity contribution is -0.197. The first kappa shape index (κ1) is 25.3. The number of fused-ring (bicyclic) bond motifs is 3. The zero-order valence-corrected chi connectivity index (χ0v) is 21.4. The fourth-order valence-electron chi connectivity index (χ4n) is 6.67. The average molecular weight is 527 g/mol. The smallest absolute Gasteiger partial charge is 0.345 e. The minimum atomic E-state index is -0.885. The van der Waals surface area contributed by atoms with Crippen molar-refractivity contribution in [3.05, 3.63) is 70.8 Å². The van der Waals surface area contributed by atoms with E-state index in [2.05, 4.69) is 0 Å². The molecule has 0 bridgehead atoms. The van der Waals surface area contributed by atoms with Gasteiger partial charge in [-0.2, -0.15) is 0 Å². The van der Waals surface area contributed by atoms with Gasteiger partial charge in [-0.3, -0.25) is 14.4 Å². The molecule has 1 aromatic carbocycles. The Hall–Kier alpha value is -3.39. The highest BCUT2D eigenvalue weighted by Gasteiger charge is 2.66. The van der Waals surface area contributed by atoms with Crippen LogP contribution in [0.3, 0.4) is 0 Å². The molecule has 8 nitrogen and oxygen atoms in total. The molecule has 2 fully saturated rings. The highest BCUT2D eigenvalue weighted by molar-refractivity contribution is 6.33. The van der Waals surface area contributed by atoms with Gasteiger partial charge in [0.15, 0.2) is 5.76 Å². The predicted molar refractivity (Wildman–Crippen MR) is 130 cm³/mol. The van der Waals surface area contributed by atoms with Crippen molar-refractivity contribution in [3.63, 3.8) is 0 Å². The first-order valence-electron chi connectivity index (χ1n) is 12.1. The van der Waals surface area contributed by atoms with E-state index < -0.39 is 58.4 Å². The van der Waals surface area contributed by atoms with Crippen molar-refractivity contribution in [2.75, 3.05) is 7.11 Å². The zero-order valence-electron chi connectivity index (χ0n) is 20.7. The van der Waals surface area contributed by atoms with Crippen molar-refractivity contribution in [2.24, 2.45) is 28.6 Å². The van der Waals surface area contributed by atoms with Crippen LogP contribution >= 0.6 is 11.6 Å². The van der Waals surface area contributed by atoms with Gasteiger partial charge in [0.1, 0.15) is 6.10 Å². The molecular formula is C28H27ClO8. The minimum Gasteiger partial charge on any atom is -0.472 e. The largest absolute Gasteiger partial charge is 0.472 e. The lowest BCUT2D eigenvalue weighted by Gasteiger charge is -2.59. The molecular weight excluding hydrogens is 500 g/mol. The Kier molecular flexibility index (Phi) is 6.26. The molecule has 1 aromatic heterocycles. The van der Waals surface area contributed by atoms with Gasteiger partial charge in [0.05, 0.1) is 42.1 Å². The quantitative estimate of drug-likeness (QED) is 0.401. The van der Waals surface area contributed by atoms with Crippen LogP contribution in [0.2, 0.25) is 5.02 Å². The summed E-state index contributed by atoms with van der Waals surface area (Å²) in [5.41, 5.74) is -0.970. The molecule has 1 saturated heterocycles. The molecule has 194 valence electrons. The number of hydrogen-bond donors (Lipinski definition) is 0. The Balaban J connectivity index is 1.58. The molecule has 3 aliphatic rings. The van der Waals surface area contributed by atoms with Gasteiger partial charge < -0.3 is 18.6 Å². The number of benzene rings is 1. The van der Waals surface area contributed by atoms with E-state index in [0.717, 1.165) is 0 Å². The Bertz CT molecular complexity index is 1300. The maximum atomic E-state index is 14.1. The second-order valence-corrected chi connectivity index (χ2v) is 10.9. The van der Waals surface area contributed by atoms with E-state index >= 15 is 0 Å². The van der Waals surface area contributed by atoms with Crippen molar-refractivity contribution < 1.29 is 37.8 Å². The Labute approximate surface area is 218 Å². The van der Waals surface area contributed by atoms with Crippen LogP contribution in [0.15, 0.2) is 59.1 Å². The van der Waals surface area contributed by atoms with E-state index in [-0.39, 0.29) is 16.3 Å². The molecule has 2 heterocycles. The SMILES string of the molecule is COC(=O)[C@@H]1C=C(OC(=O)c2ccccc2Cl)C(=O)[C@H]2[C@@]1(C)CC[C@H]1C(=O)O[C@H](c3ccoc3)C[C@]21C. The lowest BCUT2D eigenvalue weighted by atomic mass is 9.44. The highest BCUT2D eigenvalue weighted by atomic mass is 35.5. The number of cyclic esters (lactones) is 1. The summed E-state index contributed by atoms with van der Waals surface area (Å²) >= 11 is 6.16. The van der Waals surface area contributed by atoms with Crippen molar-refractivity contribution in [2.45, 2.75) is 39.2 Å². The van der Waals surface area contributed by atoms with Gasteiger partial charge in [-0.25, -0.2) is 4.79 Å². The monoisotopic (exact) mass is 526 g/mol. The van der Waals surface area contributed by atoms with Crippen molar-refractivity contribution in [3.8, 4) is 0 Å². The van der Waals surface area contributed by atoms with Crippen molar-refractivity contribution in [1.29, 1.82) is 0 Å². The van der Waals surface area contributed by atoms with E-state index in [4.69, 9.17) is 30.2 Å². The van der Waals surface area contributed by atoms with Gasteiger partial charge in [-0.15, -0.1) is 0 Å². The number of ketones is 1. The van der Waals surface area contributed by atoms with Crippen molar-refractivity contribution >= 4 is 35.3 Å². The molecule has 9 heteroatoms. The fraction of sp³-hybridized carbons (Fsp3) is 0.429. The van der Waals surface area contributed by atoms with Crippen molar-refractivity contribution in [1.82, 2.24) is 0 Å². The lowest BCUT2D eigenvalue weighted by Crippen LogP contribution is -2.61. The number of hydrogen-bond acceptors (Lipinski definition) is 8. The summed E-state index contributed by atoms with van der Waals surface area (Å²) in [6, 6.07) is 8.06. The standard InChI is InChI=1S/C28H27ClO8/c1-27-10-8-17-26(33)37-21(15-9-11-35-14-15)13-28(17,2)23(27)22(30)20(12-18(27)25(32)34-3)36-24(31)16-6-4-5-7-19(16)29/h4-7,9,11-12,14,17-18,21,23H,8,10,13H2,1-3H3/t17-,18-,21-,23-,27-,28-/m0/s1. The third-order valence-electron chi connectivity index (χ3n) is 8.45. The second-order valence-electron chi connectivity index (χ2n) is 10.5.